The summed E-state index contributed by atoms with van der Waals surface area (Å²) < 4.78 is 5.36. The molecule has 2 N–H and O–H groups in total. The third kappa shape index (κ3) is 1.83. The summed E-state index contributed by atoms with van der Waals surface area (Å²) >= 11 is 1.80. The average Bonchev–Trinajstić information content (AvgIpc) is 2.62. The van der Waals surface area contributed by atoms with Crippen LogP contribution in [0.2, 0.25) is 0 Å². The summed E-state index contributed by atoms with van der Waals surface area (Å²) in [6, 6.07) is 4.67. The molecule has 1 atom stereocenters. The minimum Gasteiger partial charge on any atom is -0.380 e. The van der Waals surface area contributed by atoms with Crippen molar-refractivity contribution in [2.75, 3.05) is 33.9 Å². The first-order valence-corrected chi connectivity index (χ1v) is 6.05. The number of rotatable bonds is 4. The zero-order chi connectivity index (χ0) is 10.9. The van der Waals surface area contributed by atoms with Gasteiger partial charge in [0.25, 0.3) is 0 Å². The van der Waals surface area contributed by atoms with E-state index in [9.17, 15) is 0 Å². The number of nitrogens with two attached hydrogens (primary N) is 1. The van der Waals surface area contributed by atoms with Crippen LogP contribution in [0.3, 0.4) is 0 Å². The molecule has 1 fully saturated rings. The van der Waals surface area contributed by atoms with Gasteiger partial charge in [-0.1, -0.05) is 6.07 Å². The number of nitrogens with zero attached hydrogens (tertiary/aromatic N) is 1. The van der Waals surface area contributed by atoms with Crippen molar-refractivity contribution in [1.29, 1.82) is 0 Å². The SMILES string of the molecule is CN(C)C(c1cccs1)C1(CN)COC1. The number of hydrogen-bond acceptors (Lipinski definition) is 4. The van der Waals surface area contributed by atoms with Crippen LogP contribution in [-0.4, -0.2) is 38.8 Å². The number of ether oxygens (including phenoxy) is 1. The van der Waals surface area contributed by atoms with Crippen LogP contribution in [0.5, 0.6) is 0 Å². The Bertz CT molecular complexity index is 301. The van der Waals surface area contributed by atoms with Gasteiger partial charge in [0.1, 0.15) is 0 Å². The molecule has 4 heteroatoms. The van der Waals surface area contributed by atoms with Gasteiger partial charge < -0.3 is 15.4 Å². The predicted molar refractivity (Wildman–Crippen MR) is 63.1 cm³/mol. The highest BCUT2D eigenvalue weighted by Gasteiger charge is 2.46. The maximum atomic E-state index is 5.91. The molecule has 0 saturated carbocycles. The molecule has 0 spiro atoms. The molecule has 1 unspecified atom stereocenters. The molecule has 1 aromatic heterocycles. The van der Waals surface area contributed by atoms with Crippen LogP contribution < -0.4 is 5.73 Å². The van der Waals surface area contributed by atoms with E-state index in [1.54, 1.807) is 11.3 Å². The summed E-state index contributed by atoms with van der Waals surface area (Å²) in [5, 5.41) is 2.12. The summed E-state index contributed by atoms with van der Waals surface area (Å²) in [6.07, 6.45) is 0. The van der Waals surface area contributed by atoms with Gasteiger partial charge in [-0.05, 0) is 25.5 Å². The lowest BCUT2D eigenvalue weighted by molar-refractivity contribution is -0.144. The molecule has 2 heterocycles. The molecule has 0 amide bonds. The van der Waals surface area contributed by atoms with Crippen LogP contribution in [0.25, 0.3) is 0 Å². The molecule has 3 nitrogen and oxygen atoms in total. The van der Waals surface area contributed by atoms with Crippen molar-refractivity contribution in [2.24, 2.45) is 11.1 Å². The molecular weight excluding hydrogens is 208 g/mol. The average molecular weight is 226 g/mol. The predicted octanol–water partition coefficient (Wildman–Crippen LogP) is 1.33. The Morgan fingerprint density at radius 1 is 1.60 bits per heavy atom. The maximum absolute atomic E-state index is 5.91. The van der Waals surface area contributed by atoms with Gasteiger partial charge in [0.05, 0.1) is 19.3 Å². The van der Waals surface area contributed by atoms with E-state index in [0.717, 1.165) is 13.2 Å². The van der Waals surface area contributed by atoms with E-state index in [-0.39, 0.29) is 5.41 Å². The monoisotopic (exact) mass is 226 g/mol. The third-order valence-corrected chi connectivity index (χ3v) is 4.02. The second-order valence-corrected chi connectivity index (χ2v) is 5.42. The molecule has 1 aliphatic rings. The van der Waals surface area contributed by atoms with Gasteiger partial charge in [-0.3, -0.25) is 0 Å². The van der Waals surface area contributed by atoms with Crippen molar-refractivity contribution in [3.63, 3.8) is 0 Å². The largest absolute Gasteiger partial charge is 0.380 e. The second kappa shape index (κ2) is 4.22. The Hall–Kier alpha value is -0.420. The van der Waals surface area contributed by atoms with Crippen LogP contribution in [0.1, 0.15) is 10.9 Å². The van der Waals surface area contributed by atoms with Crippen LogP contribution >= 0.6 is 11.3 Å². The van der Waals surface area contributed by atoms with E-state index in [1.165, 1.54) is 4.88 Å². The van der Waals surface area contributed by atoms with Gasteiger partial charge in [-0.25, -0.2) is 0 Å². The molecule has 1 aromatic rings. The van der Waals surface area contributed by atoms with E-state index >= 15 is 0 Å². The lowest BCUT2D eigenvalue weighted by Crippen LogP contribution is -2.55. The quantitative estimate of drug-likeness (QED) is 0.841. The Kier molecular flexibility index (Phi) is 3.11. The van der Waals surface area contributed by atoms with E-state index in [4.69, 9.17) is 10.5 Å². The highest BCUT2D eigenvalue weighted by atomic mass is 32.1. The van der Waals surface area contributed by atoms with Crippen molar-refractivity contribution in [2.45, 2.75) is 6.04 Å². The molecular formula is C11H18N2OS. The lowest BCUT2D eigenvalue weighted by Gasteiger charge is -2.48. The van der Waals surface area contributed by atoms with Gasteiger partial charge in [0.2, 0.25) is 0 Å². The molecule has 15 heavy (non-hydrogen) atoms. The fourth-order valence-corrected chi connectivity index (χ4v) is 3.36. The zero-order valence-electron chi connectivity index (χ0n) is 9.27. The summed E-state index contributed by atoms with van der Waals surface area (Å²) in [7, 11) is 4.22. The van der Waals surface area contributed by atoms with Crippen LogP contribution in [-0.2, 0) is 4.74 Å². The molecule has 0 aromatic carbocycles. The maximum Gasteiger partial charge on any atom is 0.0575 e. The fraction of sp³-hybridized carbons (Fsp3) is 0.636. The van der Waals surface area contributed by atoms with E-state index in [2.05, 4.69) is 36.5 Å². The van der Waals surface area contributed by atoms with Crippen LogP contribution in [0.15, 0.2) is 17.5 Å². The van der Waals surface area contributed by atoms with E-state index in [0.29, 0.717) is 12.6 Å². The van der Waals surface area contributed by atoms with Crippen molar-refractivity contribution in [3.05, 3.63) is 22.4 Å². The molecule has 0 aliphatic carbocycles. The molecule has 0 radical (unpaired) electrons. The van der Waals surface area contributed by atoms with Gasteiger partial charge in [0, 0.05) is 16.8 Å². The smallest absolute Gasteiger partial charge is 0.0575 e. The Balaban J connectivity index is 2.27. The summed E-state index contributed by atoms with van der Waals surface area (Å²) in [6.45, 7) is 2.25. The normalized spacial score (nSPS) is 21.3. The first-order valence-electron chi connectivity index (χ1n) is 5.17. The van der Waals surface area contributed by atoms with Crippen molar-refractivity contribution < 1.29 is 4.74 Å². The van der Waals surface area contributed by atoms with Crippen molar-refractivity contribution >= 4 is 11.3 Å². The Morgan fingerprint density at radius 3 is 2.67 bits per heavy atom. The van der Waals surface area contributed by atoms with Gasteiger partial charge in [-0.2, -0.15) is 0 Å². The number of thiophene rings is 1. The van der Waals surface area contributed by atoms with Gasteiger partial charge in [0.15, 0.2) is 0 Å². The van der Waals surface area contributed by atoms with E-state index in [1.807, 2.05) is 0 Å². The highest BCUT2D eigenvalue weighted by molar-refractivity contribution is 7.10. The standard InChI is InChI=1S/C11H18N2OS/c1-13(2)10(9-4-3-5-15-9)11(6-12)7-14-8-11/h3-5,10H,6-8,12H2,1-2H3. The first-order chi connectivity index (χ1) is 7.19. The van der Waals surface area contributed by atoms with Crippen LogP contribution in [0, 0.1) is 5.41 Å². The molecule has 84 valence electrons. The summed E-state index contributed by atoms with van der Waals surface area (Å²) in [5.41, 5.74) is 6.03. The molecule has 2 rings (SSSR count). The van der Waals surface area contributed by atoms with E-state index < -0.39 is 0 Å². The Morgan fingerprint density at radius 2 is 2.33 bits per heavy atom. The third-order valence-electron chi connectivity index (χ3n) is 3.09. The minimum atomic E-state index is 0.119. The second-order valence-electron chi connectivity index (χ2n) is 4.44. The highest BCUT2D eigenvalue weighted by Crippen LogP contribution is 2.43. The fourth-order valence-electron chi connectivity index (χ4n) is 2.30. The molecule has 1 saturated heterocycles. The molecule has 0 bridgehead atoms. The Labute approximate surface area is 94.8 Å². The van der Waals surface area contributed by atoms with Crippen LogP contribution in [0.4, 0.5) is 0 Å². The van der Waals surface area contributed by atoms with Gasteiger partial charge in [-0.15, -0.1) is 11.3 Å². The first kappa shape index (κ1) is 11.1. The van der Waals surface area contributed by atoms with Gasteiger partial charge >= 0.3 is 0 Å². The number of hydrogen-bond donors (Lipinski definition) is 1. The van der Waals surface area contributed by atoms with Crippen molar-refractivity contribution in [1.82, 2.24) is 4.90 Å². The minimum absolute atomic E-state index is 0.119. The summed E-state index contributed by atoms with van der Waals surface area (Å²) in [4.78, 5) is 3.63. The lowest BCUT2D eigenvalue weighted by atomic mass is 9.77. The topological polar surface area (TPSA) is 38.5 Å². The summed E-state index contributed by atoms with van der Waals surface area (Å²) in [5.74, 6) is 0. The zero-order valence-corrected chi connectivity index (χ0v) is 10.1. The van der Waals surface area contributed by atoms with Crippen molar-refractivity contribution in [3.8, 4) is 0 Å². The molecule has 1 aliphatic heterocycles.